The van der Waals surface area contributed by atoms with E-state index in [1.807, 2.05) is 38.1 Å². The molecule has 0 aliphatic carbocycles. The van der Waals surface area contributed by atoms with Crippen LogP contribution in [0.2, 0.25) is 0 Å². The van der Waals surface area contributed by atoms with Crippen molar-refractivity contribution in [3.05, 3.63) is 29.8 Å². The summed E-state index contributed by atoms with van der Waals surface area (Å²) in [5.41, 5.74) is 0.440. The summed E-state index contributed by atoms with van der Waals surface area (Å²) in [4.78, 5) is 0. The molecular formula is C16H27NO3. The normalized spacial score (nSPS) is 15.7. The van der Waals surface area contributed by atoms with E-state index in [1.165, 1.54) is 0 Å². The Morgan fingerprint density at radius 3 is 2.60 bits per heavy atom. The first-order chi connectivity index (χ1) is 9.54. The van der Waals surface area contributed by atoms with Gasteiger partial charge >= 0.3 is 0 Å². The molecule has 20 heavy (non-hydrogen) atoms. The Hall–Kier alpha value is -1.10. The average molecular weight is 281 g/mol. The van der Waals surface area contributed by atoms with Crippen LogP contribution in [0, 0.1) is 0 Å². The van der Waals surface area contributed by atoms with Gasteiger partial charge in [0.2, 0.25) is 0 Å². The summed E-state index contributed by atoms with van der Waals surface area (Å²) >= 11 is 0. The summed E-state index contributed by atoms with van der Waals surface area (Å²) in [6, 6.07) is 7.48. The predicted octanol–water partition coefficient (Wildman–Crippen LogP) is 2.09. The van der Waals surface area contributed by atoms with Gasteiger partial charge in [0, 0.05) is 17.5 Å². The van der Waals surface area contributed by atoms with Crippen LogP contribution in [-0.4, -0.2) is 35.0 Å². The zero-order chi connectivity index (χ0) is 15.0. The molecule has 1 aromatic carbocycles. The molecule has 3 N–H and O–H groups in total. The molecule has 0 heterocycles. The Balaban J connectivity index is 2.63. The Kier molecular flexibility index (Phi) is 6.99. The van der Waals surface area contributed by atoms with Crippen molar-refractivity contribution in [3.8, 4) is 5.75 Å². The fourth-order valence-electron chi connectivity index (χ4n) is 2.26. The molecule has 0 aliphatic rings. The van der Waals surface area contributed by atoms with E-state index < -0.39 is 0 Å². The minimum Gasteiger partial charge on any atom is -0.490 e. The monoisotopic (exact) mass is 281 g/mol. The van der Waals surface area contributed by atoms with E-state index in [-0.39, 0.29) is 24.9 Å². The second kappa shape index (κ2) is 8.25. The number of aliphatic hydroxyl groups excluding tert-OH is 2. The topological polar surface area (TPSA) is 61.7 Å². The Bertz CT molecular complexity index is 397. The number of aliphatic hydroxyl groups is 2. The van der Waals surface area contributed by atoms with Crippen molar-refractivity contribution >= 4 is 0 Å². The molecule has 0 aliphatic heterocycles. The van der Waals surface area contributed by atoms with E-state index in [2.05, 4.69) is 12.2 Å². The summed E-state index contributed by atoms with van der Waals surface area (Å²) in [7, 11) is 0. The lowest BCUT2D eigenvalue weighted by Crippen LogP contribution is -2.48. The third-order valence-corrected chi connectivity index (χ3v) is 3.36. The van der Waals surface area contributed by atoms with Crippen LogP contribution >= 0.6 is 0 Å². The molecule has 114 valence electrons. The SMILES string of the molecule is CCCNC(C)(CO)CC(C)Oc1ccccc1CO. The number of para-hydroxylation sites is 1. The summed E-state index contributed by atoms with van der Waals surface area (Å²) in [5, 5.41) is 22.2. The van der Waals surface area contributed by atoms with Gasteiger partial charge in [-0.3, -0.25) is 0 Å². The fraction of sp³-hybridized carbons (Fsp3) is 0.625. The molecule has 0 amide bonds. The maximum atomic E-state index is 9.57. The Morgan fingerprint density at radius 2 is 2.00 bits per heavy atom. The van der Waals surface area contributed by atoms with Crippen LogP contribution in [-0.2, 0) is 6.61 Å². The van der Waals surface area contributed by atoms with E-state index in [4.69, 9.17) is 4.74 Å². The lowest BCUT2D eigenvalue weighted by atomic mass is 9.95. The molecule has 0 spiro atoms. The van der Waals surface area contributed by atoms with Crippen molar-refractivity contribution in [2.45, 2.75) is 51.9 Å². The van der Waals surface area contributed by atoms with E-state index in [0.717, 1.165) is 18.5 Å². The van der Waals surface area contributed by atoms with Gasteiger partial charge in [-0.1, -0.05) is 25.1 Å². The largest absolute Gasteiger partial charge is 0.490 e. The average Bonchev–Trinajstić information content (AvgIpc) is 2.45. The van der Waals surface area contributed by atoms with Crippen molar-refractivity contribution in [2.24, 2.45) is 0 Å². The number of rotatable bonds is 9. The van der Waals surface area contributed by atoms with Crippen molar-refractivity contribution in [1.29, 1.82) is 0 Å². The summed E-state index contributed by atoms with van der Waals surface area (Å²) in [6.45, 7) is 6.99. The zero-order valence-corrected chi connectivity index (χ0v) is 12.7. The van der Waals surface area contributed by atoms with E-state index in [1.54, 1.807) is 0 Å². The molecule has 1 rings (SSSR count). The highest BCUT2D eigenvalue weighted by molar-refractivity contribution is 5.32. The summed E-state index contributed by atoms with van der Waals surface area (Å²) < 4.78 is 5.90. The number of nitrogens with one attached hydrogen (secondary N) is 1. The summed E-state index contributed by atoms with van der Waals surface area (Å²) in [5.74, 6) is 0.707. The van der Waals surface area contributed by atoms with Crippen molar-refractivity contribution in [2.75, 3.05) is 13.2 Å². The lowest BCUT2D eigenvalue weighted by molar-refractivity contribution is 0.108. The highest BCUT2D eigenvalue weighted by atomic mass is 16.5. The van der Waals surface area contributed by atoms with E-state index >= 15 is 0 Å². The van der Waals surface area contributed by atoms with Crippen LogP contribution < -0.4 is 10.1 Å². The van der Waals surface area contributed by atoms with Crippen LogP contribution in [0.4, 0.5) is 0 Å². The minimum atomic E-state index is -0.344. The summed E-state index contributed by atoms with van der Waals surface area (Å²) in [6.07, 6.45) is 1.67. The van der Waals surface area contributed by atoms with Gasteiger partial charge in [-0.2, -0.15) is 0 Å². The number of hydrogen-bond donors (Lipinski definition) is 3. The molecule has 0 saturated carbocycles. The predicted molar refractivity (Wildman–Crippen MR) is 80.9 cm³/mol. The highest BCUT2D eigenvalue weighted by Crippen LogP contribution is 2.22. The quantitative estimate of drug-likeness (QED) is 0.648. The third-order valence-electron chi connectivity index (χ3n) is 3.36. The van der Waals surface area contributed by atoms with Crippen LogP contribution in [0.25, 0.3) is 0 Å². The van der Waals surface area contributed by atoms with Crippen LogP contribution in [0.15, 0.2) is 24.3 Å². The highest BCUT2D eigenvalue weighted by Gasteiger charge is 2.26. The molecule has 0 bridgehead atoms. The van der Waals surface area contributed by atoms with Gasteiger partial charge in [0.05, 0.1) is 19.3 Å². The van der Waals surface area contributed by atoms with Crippen molar-refractivity contribution in [3.63, 3.8) is 0 Å². The maximum absolute atomic E-state index is 9.57. The molecule has 0 radical (unpaired) electrons. The Morgan fingerprint density at radius 1 is 1.30 bits per heavy atom. The van der Waals surface area contributed by atoms with Crippen molar-refractivity contribution in [1.82, 2.24) is 5.32 Å². The molecule has 1 aromatic rings. The first-order valence-electron chi connectivity index (χ1n) is 7.26. The van der Waals surface area contributed by atoms with Gasteiger partial charge in [-0.25, -0.2) is 0 Å². The first kappa shape index (κ1) is 17.0. The third kappa shape index (κ3) is 5.12. The fourth-order valence-corrected chi connectivity index (χ4v) is 2.26. The molecule has 0 saturated heterocycles. The smallest absolute Gasteiger partial charge is 0.125 e. The molecule has 4 nitrogen and oxygen atoms in total. The first-order valence-corrected chi connectivity index (χ1v) is 7.26. The van der Waals surface area contributed by atoms with Gasteiger partial charge in [0.15, 0.2) is 0 Å². The second-order valence-electron chi connectivity index (χ2n) is 5.54. The van der Waals surface area contributed by atoms with Gasteiger partial charge < -0.3 is 20.3 Å². The van der Waals surface area contributed by atoms with Gasteiger partial charge in [-0.15, -0.1) is 0 Å². The Labute approximate surface area is 121 Å². The second-order valence-corrected chi connectivity index (χ2v) is 5.54. The lowest BCUT2D eigenvalue weighted by Gasteiger charge is -2.32. The maximum Gasteiger partial charge on any atom is 0.125 e. The van der Waals surface area contributed by atoms with E-state index in [9.17, 15) is 10.2 Å². The van der Waals surface area contributed by atoms with Gasteiger partial charge in [0.1, 0.15) is 5.75 Å². The number of hydrogen-bond acceptors (Lipinski definition) is 4. The molecular weight excluding hydrogens is 254 g/mol. The molecule has 2 unspecified atom stereocenters. The minimum absolute atomic E-state index is 0.0335. The standard InChI is InChI=1S/C16H27NO3/c1-4-9-17-16(3,12-19)10-13(2)20-15-8-6-5-7-14(15)11-18/h5-8,13,17-19H,4,9-12H2,1-3H3. The van der Waals surface area contributed by atoms with Crippen LogP contribution in [0.1, 0.15) is 39.2 Å². The number of benzene rings is 1. The van der Waals surface area contributed by atoms with E-state index in [0.29, 0.717) is 12.2 Å². The molecule has 2 atom stereocenters. The van der Waals surface area contributed by atoms with Gasteiger partial charge in [0.25, 0.3) is 0 Å². The van der Waals surface area contributed by atoms with Crippen molar-refractivity contribution < 1.29 is 14.9 Å². The molecule has 0 aromatic heterocycles. The molecule has 4 heteroatoms. The molecule has 0 fully saturated rings. The van der Waals surface area contributed by atoms with Crippen LogP contribution in [0.3, 0.4) is 0 Å². The van der Waals surface area contributed by atoms with Gasteiger partial charge in [-0.05, 0) is 32.9 Å². The zero-order valence-electron chi connectivity index (χ0n) is 12.7. The van der Waals surface area contributed by atoms with Crippen LogP contribution in [0.5, 0.6) is 5.75 Å². The number of ether oxygens (including phenoxy) is 1.